The number of hydrogen-bond acceptors (Lipinski definition) is 3. The van der Waals surface area contributed by atoms with Crippen molar-refractivity contribution in [3.05, 3.63) is 23.9 Å². The van der Waals surface area contributed by atoms with Gasteiger partial charge in [-0.05, 0) is 51.1 Å². The highest BCUT2D eigenvalue weighted by molar-refractivity contribution is 5.83. The van der Waals surface area contributed by atoms with Crippen LogP contribution in [0.3, 0.4) is 0 Å². The molecule has 2 N–H and O–H groups in total. The van der Waals surface area contributed by atoms with E-state index >= 15 is 0 Å². The lowest BCUT2D eigenvalue weighted by Gasteiger charge is -2.23. The van der Waals surface area contributed by atoms with Crippen LogP contribution in [0.4, 0.5) is 0 Å². The number of aryl methyl sites for hydroxylation is 1. The van der Waals surface area contributed by atoms with Gasteiger partial charge >= 0.3 is 0 Å². The molecule has 1 aromatic carbocycles. The van der Waals surface area contributed by atoms with Crippen LogP contribution in [0, 0.1) is 6.92 Å². The van der Waals surface area contributed by atoms with Crippen molar-refractivity contribution in [1.29, 1.82) is 0 Å². The predicted octanol–water partition coefficient (Wildman–Crippen LogP) is 1.97. The van der Waals surface area contributed by atoms with Crippen LogP contribution in [0.5, 0.6) is 5.75 Å². The van der Waals surface area contributed by atoms with Crippen LogP contribution in [-0.4, -0.2) is 28.0 Å². The first-order chi connectivity index (χ1) is 8.25. The van der Waals surface area contributed by atoms with Gasteiger partial charge in [0.05, 0.1) is 17.3 Å². The van der Waals surface area contributed by atoms with Gasteiger partial charge in [0.1, 0.15) is 5.75 Å². The fourth-order valence-corrected chi connectivity index (χ4v) is 2.61. The lowest BCUT2D eigenvalue weighted by molar-refractivity contribution is 0.350. The maximum absolute atomic E-state index is 9.53. The van der Waals surface area contributed by atoms with Gasteiger partial charge in [-0.2, -0.15) is 5.10 Å². The van der Waals surface area contributed by atoms with Crippen molar-refractivity contribution in [3.63, 3.8) is 0 Å². The minimum atomic E-state index is 0.311. The molecule has 1 fully saturated rings. The second-order valence-electron chi connectivity index (χ2n) is 4.71. The number of aromatic hydroxyl groups is 1. The van der Waals surface area contributed by atoms with Crippen LogP contribution in [0.1, 0.15) is 24.6 Å². The Kier molecular flexibility index (Phi) is 2.52. The van der Waals surface area contributed by atoms with E-state index in [4.69, 9.17) is 0 Å². The number of benzene rings is 1. The molecule has 1 aliphatic heterocycles. The topological polar surface area (TPSA) is 50.1 Å². The van der Waals surface area contributed by atoms with Crippen molar-refractivity contribution in [2.45, 2.75) is 25.8 Å². The number of fused-ring (bicyclic) bond motifs is 1. The number of nitrogens with one attached hydrogen (secondary N) is 1. The highest BCUT2D eigenvalue weighted by Crippen LogP contribution is 2.28. The first-order valence-corrected chi connectivity index (χ1v) is 6.14. The molecule has 0 unspecified atom stereocenters. The SMILES string of the molecule is Cc1nn(C2CCNCC2)c2ccc(O)cc12. The van der Waals surface area contributed by atoms with Gasteiger partial charge in [-0.25, -0.2) is 0 Å². The average Bonchev–Trinajstić information content (AvgIpc) is 2.68. The number of rotatable bonds is 1. The third-order valence-electron chi connectivity index (χ3n) is 3.53. The normalized spacial score (nSPS) is 17.7. The fraction of sp³-hybridized carbons (Fsp3) is 0.462. The minimum absolute atomic E-state index is 0.311. The van der Waals surface area contributed by atoms with Crippen molar-refractivity contribution < 1.29 is 5.11 Å². The summed E-state index contributed by atoms with van der Waals surface area (Å²) in [4.78, 5) is 0. The summed E-state index contributed by atoms with van der Waals surface area (Å²) in [5.74, 6) is 0.311. The molecule has 0 amide bonds. The van der Waals surface area contributed by atoms with Crippen LogP contribution in [-0.2, 0) is 0 Å². The van der Waals surface area contributed by atoms with Gasteiger partial charge in [-0.1, -0.05) is 0 Å². The number of nitrogens with zero attached hydrogens (tertiary/aromatic N) is 2. The Balaban J connectivity index is 2.10. The smallest absolute Gasteiger partial charge is 0.116 e. The van der Waals surface area contributed by atoms with Gasteiger partial charge in [-0.15, -0.1) is 0 Å². The van der Waals surface area contributed by atoms with Crippen molar-refractivity contribution in [2.75, 3.05) is 13.1 Å². The van der Waals surface area contributed by atoms with E-state index in [1.807, 2.05) is 13.0 Å². The summed E-state index contributed by atoms with van der Waals surface area (Å²) >= 11 is 0. The van der Waals surface area contributed by atoms with E-state index in [1.54, 1.807) is 12.1 Å². The summed E-state index contributed by atoms with van der Waals surface area (Å²) in [6.07, 6.45) is 2.24. The largest absolute Gasteiger partial charge is 0.508 e. The van der Waals surface area contributed by atoms with Gasteiger partial charge in [0.25, 0.3) is 0 Å². The Morgan fingerprint density at radius 1 is 1.35 bits per heavy atom. The average molecular weight is 231 g/mol. The summed E-state index contributed by atoms with van der Waals surface area (Å²) in [5, 5.41) is 18.6. The standard InChI is InChI=1S/C13H17N3O/c1-9-12-8-11(17)2-3-13(12)16(15-9)10-4-6-14-7-5-10/h2-3,8,10,14,17H,4-7H2,1H3. The zero-order chi connectivity index (χ0) is 11.8. The second-order valence-corrected chi connectivity index (χ2v) is 4.71. The highest BCUT2D eigenvalue weighted by Gasteiger charge is 2.19. The molecule has 1 aromatic heterocycles. The monoisotopic (exact) mass is 231 g/mol. The minimum Gasteiger partial charge on any atom is -0.508 e. The summed E-state index contributed by atoms with van der Waals surface area (Å²) in [7, 11) is 0. The quantitative estimate of drug-likeness (QED) is 0.789. The third-order valence-corrected chi connectivity index (χ3v) is 3.53. The van der Waals surface area contributed by atoms with Gasteiger partial charge in [0, 0.05) is 5.39 Å². The number of phenolic OH excluding ortho intramolecular Hbond substituents is 1. The maximum atomic E-state index is 9.53. The molecular formula is C13H17N3O. The van der Waals surface area contributed by atoms with E-state index in [0.29, 0.717) is 11.8 Å². The molecule has 0 aliphatic carbocycles. The van der Waals surface area contributed by atoms with Gasteiger partial charge < -0.3 is 10.4 Å². The van der Waals surface area contributed by atoms with Gasteiger partial charge in [0.2, 0.25) is 0 Å². The number of hydrogen-bond donors (Lipinski definition) is 2. The van der Waals surface area contributed by atoms with Crippen LogP contribution in [0.25, 0.3) is 10.9 Å². The zero-order valence-electron chi connectivity index (χ0n) is 9.98. The first-order valence-electron chi connectivity index (χ1n) is 6.14. The third kappa shape index (κ3) is 1.78. The van der Waals surface area contributed by atoms with E-state index in [-0.39, 0.29) is 0 Å². The molecule has 2 heterocycles. The Morgan fingerprint density at radius 3 is 2.88 bits per heavy atom. The Hall–Kier alpha value is -1.55. The summed E-state index contributed by atoms with van der Waals surface area (Å²) in [5.41, 5.74) is 2.13. The Bertz CT molecular complexity index is 541. The molecular weight excluding hydrogens is 214 g/mol. The van der Waals surface area contributed by atoms with Gasteiger partial charge in [-0.3, -0.25) is 4.68 Å². The lowest BCUT2D eigenvalue weighted by atomic mass is 10.1. The molecule has 4 heteroatoms. The molecule has 4 nitrogen and oxygen atoms in total. The summed E-state index contributed by atoms with van der Waals surface area (Å²) < 4.78 is 2.13. The molecule has 90 valence electrons. The highest BCUT2D eigenvalue weighted by atomic mass is 16.3. The Labute approximate surface area is 100 Å². The van der Waals surface area contributed by atoms with Crippen molar-refractivity contribution in [2.24, 2.45) is 0 Å². The van der Waals surface area contributed by atoms with E-state index in [9.17, 15) is 5.11 Å². The fourth-order valence-electron chi connectivity index (χ4n) is 2.61. The molecule has 1 saturated heterocycles. The van der Waals surface area contributed by atoms with Crippen molar-refractivity contribution >= 4 is 10.9 Å². The van der Waals surface area contributed by atoms with Crippen LogP contribution in [0.2, 0.25) is 0 Å². The molecule has 0 spiro atoms. The summed E-state index contributed by atoms with van der Waals surface area (Å²) in [6, 6.07) is 5.99. The van der Waals surface area contributed by atoms with Crippen molar-refractivity contribution in [3.8, 4) is 5.75 Å². The maximum Gasteiger partial charge on any atom is 0.116 e. The molecule has 2 aromatic rings. The van der Waals surface area contributed by atoms with E-state index in [0.717, 1.165) is 42.5 Å². The lowest BCUT2D eigenvalue weighted by Crippen LogP contribution is -2.29. The van der Waals surface area contributed by atoms with Crippen LogP contribution < -0.4 is 5.32 Å². The first kappa shape index (κ1) is 10.6. The second kappa shape index (κ2) is 4.04. The van der Waals surface area contributed by atoms with Gasteiger partial charge in [0.15, 0.2) is 0 Å². The molecule has 0 atom stereocenters. The molecule has 0 bridgehead atoms. The molecule has 0 radical (unpaired) electrons. The van der Waals surface area contributed by atoms with E-state index in [2.05, 4.69) is 15.1 Å². The number of aromatic nitrogens is 2. The van der Waals surface area contributed by atoms with E-state index in [1.165, 1.54) is 0 Å². The molecule has 3 rings (SSSR count). The van der Waals surface area contributed by atoms with Crippen molar-refractivity contribution in [1.82, 2.24) is 15.1 Å². The number of piperidine rings is 1. The molecule has 1 aliphatic rings. The molecule has 0 saturated carbocycles. The van der Waals surface area contributed by atoms with E-state index < -0.39 is 0 Å². The van der Waals surface area contributed by atoms with Crippen LogP contribution >= 0.6 is 0 Å². The zero-order valence-corrected chi connectivity index (χ0v) is 9.98. The van der Waals surface area contributed by atoms with Crippen LogP contribution in [0.15, 0.2) is 18.2 Å². The Morgan fingerprint density at radius 2 is 2.12 bits per heavy atom. The summed E-state index contributed by atoms with van der Waals surface area (Å²) in [6.45, 7) is 4.12. The predicted molar refractivity (Wildman–Crippen MR) is 67.3 cm³/mol. The number of phenols is 1. The molecule has 17 heavy (non-hydrogen) atoms.